The number of benzene rings is 2. The van der Waals surface area contributed by atoms with E-state index in [4.69, 9.17) is 0 Å². The van der Waals surface area contributed by atoms with Crippen LogP contribution in [0.5, 0.6) is 0 Å². The summed E-state index contributed by atoms with van der Waals surface area (Å²) < 4.78 is 50.9. The fraction of sp³-hybridized carbons (Fsp3) is 0.294. The van der Waals surface area contributed by atoms with E-state index in [-0.39, 0.29) is 34.8 Å². The van der Waals surface area contributed by atoms with Gasteiger partial charge in [-0.05, 0) is 42.3 Å². The topological polar surface area (TPSA) is 92.3 Å². The molecule has 0 aromatic heterocycles. The van der Waals surface area contributed by atoms with Gasteiger partial charge in [0.1, 0.15) is 0 Å². The lowest BCUT2D eigenvalue weighted by Gasteiger charge is -2.27. The van der Waals surface area contributed by atoms with E-state index in [1.807, 2.05) is 24.3 Å². The minimum absolute atomic E-state index is 0. The molecular weight excluding hydrogens is 396 g/mol. The maximum absolute atomic E-state index is 12.5. The molecule has 1 aliphatic heterocycles. The summed E-state index contributed by atoms with van der Waals surface area (Å²) in [5.74, 6) is 0. The highest BCUT2D eigenvalue weighted by molar-refractivity contribution is 7.91. The molecule has 0 saturated heterocycles. The largest absolute Gasteiger partial charge is 0.308 e. The van der Waals surface area contributed by atoms with Crippen molar-refractivity contribution in [3.63, 3.8) is 0 Å². The zero-order valence-electron chi connectivity index (χ0n) is 14.2. The van der Waals surface area contributed by atoms with Gasteiger partial charge in [-0.3, -0.25) is 0 Å². The molecule has 1 unspecified atom stereocenters. The minimum Gasteiger partial charge on any atom is -0.308 e. The monoisotopic (exact) mass is 416 g/mol. The summed E-state index contributed by atoms with van der Waals surface area (Å²) in [6.07, 6.45) is 1.96. The number of rotatable bonds is 5. The van der Waals surface area contributed by atoms with Gasteiger partial charge in [-0.15, -0.1) is 12.4 Å². The maximum atomic E-state index is 12.5. The standard InChI is InChI=1S/C17H20N2O4S2.ClH/c1-24(20,21)14-6-4-7-15(11-14)25(22,23)19-12-17-16-8-3-2-5-13(16)9-10-18-17;/h2-8,11,17-19H,9-10,12H2,1H3;1H. The van der Waals surface area contributed by atoms with Crippen molar-refractivity contribution in [1.82, 2.24) is 10.0 Å². The summed E-state index contributed by atoms with van der Waals surface area (Å²) in [6, 6.07) is 13.2. The van der Waals surface area contributed by atoms with Gasteiger partial charge in [-0.1, -0.05) is 30.3 Å². The predicted octanol–water partition coefficient (Wildman–Crippen LogP) is 1.68. The molecule has 0 fully saturated rings. The van der Waals surface area contributed by atoms with Crippen molar-refractivity contribution in [2.75, 3.05) is 19.3 Å². The third kappa shape index (κ3) is 4.63. The molecule has 1 heterocycles. The number of fused-ring (bicyclic) bond motifs is 1. The molecule has 2 aromatic carbocycles. The van der Waals surface area contributed by atoms with Crippen LogP contribution in [0.25, 0.3) is 0 Å². The average Bonchev–Trinajstić information content (AvgIpc) is 2.59. The minimum atomic E-state index is -3.80. The number of halogens is 1. The number of hydrogen-bond donors (Lipinski definition) is 2. The molecule has 26 heavy (non-hydrogen) atoms. The van der Waals surface area contributed by atoms with E-state index in [9.17, 15) is 16.8 Å². The average molecular weight is 417 g/mol. The summed E-state index contributed by atoms with van der Waals surface area (Å²) in [5, 5.41) is 3.31. The quantitative estimate of drug-likeness (QED) is 0.773. The van der Waals surface area contributed by atoms with Gasteiger partial charge >= 0.3 is 0 Å². The summed E-state index contributed by atoms with van der Waals surface area (Å²) in [4.78, 5) is -0.0731. The van der Waals surface area contributed by atoms with E-state index in [0.717, 1.165) is 24.8 Å². The normalized spacial score (nSPS) is 17.2. The van der Waals surface area contributed by atoms with Crippen LogP contribution in [0, 0.1) is 0 Å². The molecular formula is C17H21ClN2O4S2. The van der Waals surface area contributed by atoms with Gasteiger partial charge in [-0.25, -0.2) is 21.6 Å². The molecule has 0 amide bonds. The first-order valence-corrected chi connectivity index (χ1v) is 11.3. The Labute approximate surface area is 160 Å². The Hall–Kier alpha value is -1.45. The van der Waals surface area contributed by atoms with Crippen LogP contribution in [0.1, 0.15) is 17.2 Å². The molecule has 0 aliphatic carbocycles. The van der Waals surface area contributed by atoms with Gasteiger partial charge in [0.25, 0.3) is 0 Å². The molecule has 2 N–H and O–H groups in total. The molecule has 0 radical (unpaired) electrons. The number of sulfone groups is 1. The summed E-state index contributed by atoms with van der Waals surface area (Å²) >= 11 is 0. The summed E-state index contributed by atoms with van der Waals surface area (Å²) in [5.41, 5.74) is 2.30. The van der Waals surface area contributed by atoms with Crippen LogP contribution < -0.4 is 10.0 Å². The lowest BCUT2D eigenvalue weighted by atomic mass is 9.95. The molecule has 142 valence electrons. The molecule has 0 spiro atoms. The fourth-order valence-electron chi connectivity index (χ4n) is 2.92. The van der Waals surface area contributed by atoms with E-state index >= 15 is 0 Å². The fourth-order valence-corrected chi connectivity index (χ4v) is 4.76. The first-order valence-electron chi connectivity index (χ1n) is 7.88. The lowest BCUT2D eigenvalue weighted by Crippen LogP contribution is -2.38. The van der Waals surface area contributed by atoms with Crippen molar-refractivity contribution in [3.05, 3.63) is 59.7 Å². The second-order valence-corrected chi connectivity index (χ2v) is 9.84. The molecule has 9 heteroatoms. The van der Waals surface area contributed by atoms with Gasteiger partial charge < -0.3 is 5.32 Å². The Morgan fingerprint density at radius 1 is 1.04 bits per heavy atom. The molecule has 6 nitrogen and oxygen atoms in total. The highest BCUT2D eigenvalue weighted by Gasteiger charge is 2.23. The number of nitrogens with one attached hydrogen (secondary N) is 2. The van der Waals surface area contributed by atoms with Crippen LogP contribution in [-0.4, -0.2) is 36.2 Å². The summed E-state index contributed by atoms with van der Waals surface area (Å²) in [7, 11) is -7.26. The Morgan fingerprint density at radius 3 is 2.46 bits per heavy atom. The van der Waals surface area contributed by atoms with Gasteiger partial charge in [0.15, 0.2) is 9.84 Å². The van der Waals surface area contributed by atoms with Crippen LogP contribution in [0.4, 0.5) is 0 Å². The molecule has 0 saturated carbocycles. The van der Waals surface area contributed by atoms with Crippen molar-refractivity contribution >= 4 is 32.3 Å². The van der Waals surface area contributed by atoms with Crippen molar-refractivity contribution < 1.29 is 16.8 Å². The van der Waals surface area contributed by atoms with E-state index in [2.05, 4.69) is 10.0 Å². The maximum Gasteiger partial charge on any atom is 0.240 e. The first-order chi connectivity index (χ1) is 11.8. The highest BCUT2D eigenvalue weighted by atomic mass is 35.5. The summed E-state index contributed by atoms with van der Waals surface area (Å²) in [6.45, 7) is 0.982. The van der Waals surface area contributed by atoms with E-state index in [1.54, 1.807) is 0 Å². The lowest BCUT2D eigenvalue weighted by molar-refractivity contribution is 0.491. The second kappa shape index (κ2) is 8.06. The van der Waals surface area contributed by atoms with Crippen LogP contribution in [0.15, 0.2) is 58.3 Å². The van der Waals surface area contributed by atoms with Crippen LogP contribution in [-0.2, 0) is 26.3 Å². The first kappa shape index (κ1) is 20.9. The zero-order chi connectivity index (χ0) is 18.1. The van der Waals surface area contributed by atoms with Crippen molar-refractivity contribution in [3.8, 4) is 0 Å². The van der Waals surface area contributed by atoms with E-state index in [1.165, 1.54) is 29.8 Å². The van der Waals surface area contributed by atoms with Gasteiger partial charge in [-0.2, -0.15) is 0 Å². The van der Waals surface area contributed by atoms with Crippen LogP contribution in [0.3, 0.4) is 0 Å². The molecule has 1 atom stereocenters. The van der Waals surface area contributed by atoms with E-state index in [0.29, 0.717) is 0 Å². The van der Waals surface area contributed by atoms with Crippen LogP contribution in [0.2, 0.25) is 0 Å². The molecule has 2 aromatic rings. The molecule has 0 bridgehead atoms. The Balaban J connectivity index is 0.00000243. The molecule has 3 rings (SSSR count). The predicted molar refractivity (Wildman–Crippen MR) is 103 cm³/mol. The Morgan fingerprint density at radius 2 is 1.73 bits per heavy atom. The zero-order valence-corrected chi connectivity index (χ0v) is 16.6. The third-order valence-electron chi connectivity index (χ3n) is 4.24. The number of hydrogen-bond acceptors (Lipinski definition) is 5. The Bertz CT molecular complexity index is 991. The number of sulfonamides is 1. The second-order valence-electron chi connectivity index (χ2n) is 6.05. The highest BCUT2D eigenvalue weighted by Crippen LogP contribution is 2.23. The van der Waals surface area contributed by atoms with Gasteiger partial charge in [0.2, 0.25) is 10.0 Å². The van der Waals surface area contributed by atoms with Crippen LogP contribution >= 0.6 is 12.4 Å². The Kier molecular flexibility index (Phi) is 6.46. The van der Waals surface area contributed by atoms with Crippen molar-refractivity contribution in [1.29, 1.82) is 0 Å². The van der Waals surface area contributed by atoms with Gasteiger partial charge in [0, 0.05) is 18.8 Å². The molecule has 1 aliphatic rings. The van der Waals surface area contributed by atoms with Gasteiger partial charge in [0.05, 0.1) is 9.79 Å². The smallest absolute Gasteiger partial charge is 0.240 e. The van der Waals surface area contributed by atoms with Crippen molar-refractivity contribution in [2.24, 2.45) is 0 Å². The SMILES string of the molecule is CS(=O)(=O)c1cccc(S(=O)(=O)NCC2NCCc3ccccc32)c1.Cl. The third-order valence-corrected chi connectivity index (χ3v) is 6.77. The van der Waals surface area contributed by atoms with Crippen molar-refractivity contribution in [2.45, 2.75) is 22.3 Å². The van der Waals surface area contributed by atoms with E-state index < -0.39 is 19.9 Å².